The number of aromatic nitrogens is 1. The van der Waals surface area contributed by atoms with Crippen LogP contribution in [-0.4, -0.2) is 176 Å². The number of rotatable bonds is 26. The Balaban J connectivity index is 0.930. The minimum atomic E-state index is -0.541. The zero-order chi connectivity index (χ0) is 54.8. The maximum Gasteiger partial charge on any atom is 0.257 e. The zero-order valence-corrected chi connectivity index (χ0v) is 46.3. The van der Waals surface area contributed by atoms with Gasteiger partial charge in [-0.2, -0.15) is 0 Å². The summed E-state index contributed by atoms with van der Waals surface area (Å²) in [5, 5.41) is -0.541. The molecule has 0 N–H and O–H groups in total. The maximum atomic E-state index is 13.8. The van der Waals surface area contributed by atoms with Crippen LogP contribution in [0.2, 0.25) is 0 Å². The molecular weight excluding hydrogens is 1010 g/mol. The van der Waals surface area contributed by atoms with Crippen molar-refractivity contribution >= 4 is 65.0 Å². The third-order valence-corrected chi connectivity index (χ3v) is 15.5. The number of thioether (sulfide) groups is 1. The van der Waals surface area contributed by atoms with Gasteiger partial charge in [-0.1, -0.05) is 23.3 Å². The third kappa shape index (κ3) is 13.9. The Morgan fingerprint density at radius 1 is 0.727 bits per heavy atom. The Morgan fingerprint density at radius 2 is 1.30 bits per heavy atom. The van der Waals surface area contributed by atoms with Gasteiger partial charge in [-0.25, -0.2) is 0 Å². The van der Waals surface area contributed by atoms with Gasteiger partial charge in [-0.3, -0.25) is 43.8 Å². The van der Waals surface area contributed by atoms with Crippen molar-refractivity contribution in [2.24, 2.45) is 9.98 Å². The molecule has 1 unspecified atom stereocenters. The largest absolute Gasteiger partial charge is 0.493 e. The fraction of sp³-hybridized carbons (Fsp3) is 0.509. The van der Waals surface area contributed by atoms with Gasteiger partial charge in [0.1, 0.15) is 31.4 Å². The summed E-state index contributed by atoms with van der Waals surface area (Å²) < 4.78 is 40.7. The predicted molar refractivity (Wildman–Crippen MR) is 293 cm³/mol. The van der Waals surface area contributed by atoms with E-state index in [0.29, 0.717) is 128 Å². The fourth-order valence-corrected chi connectivity index (χ4v) is 11.6. The molecule has 20 heteroatoms. The smallest absolute Gasteiger partial charge is 0.257 e. The van der Waals surface area contributed by atoms with E-state index >= 15 is 0 Å². The number of carbonyl (C=O) groups excluding carboxylic acids is 5. The second-order valence-corrected chi connectivity index (χ2v) is 22.2. The minimum Gasteiger partial charge on any atom is -0.493 e. The number of ether oxygens (including phenoxy) is 7. The van der Waals surface area contributed by atoms with Crippen LogP contribution >= 0.6 is 11.8 Å². The third-order valence-electron chi connectivity index (χ3n) is 14.1. The molecule has 412 valence electrons. The summed E-state index contributed by atoms with van der Waals surface area (Å²) in [6.07, 6.45) is 10.3. The van der Waals surface area contributed by atoms with Crippen LogP contribution in [0.4, 0.5) is 11.4 Å². The monoisotopic (exact) mass is 1080 g/mol. The molecule has 19 nitrogen and oxygen atoms in total. The van der Waals surface area contributed by atoms with Crippen molar-refractivity contribution in [3.05, 3.63) is 82.2 Å². The lowest BCUT2D eigenvalue weighted by atomic mass is 10.1. The Morgan fingerprint density at radius 3 is 1.83 bits per heavy atom. The number of aliphatic imine (C=N–C) groups is 2. The van der Waals surface area contributed by atoms with Crippen LogP contribution in [0.15, 0.2) is 69.7 Å². The molecule has 2 aromatic carbocycles. The van der Waals surface area contributed by atoms with Crippen molar-refractivity contribution in [3.8, 4) is 28.7 Å². The highest BCUT2D eigenvalue weighted by Gasteiger charge is 2.42. The molecule has 0 spiro atoms. The normalized spacial score (nSPS) is 20.0. The van der Waals surface area contributed by atoms with Gasteiger partial charge in [0, 0.05) is 107 Å². The van der Waals surface area contributed by atoms with E-state index in [0.717, 1.165) is 12.8 Å². The molecule has 3 saturated heterocycles. The quantitative estimate of drug-likeness (QED) is 0.0438. The van der Waals surface area contributed by atoms with Gasteiger partial charge in [-0.05, 0) is 66.1 Å². The SMILES string of the molecule is C/C=C1\C[C@H]2C=Nc3cc(OCc4cc(OCCN(C)CC(C)(C)SC5CC(=O)N(CCC(=O)CCCOCCOC)C5=O)cc(COc5cc6c(cc5OC)C(=O)N5C/C(=C/C)C[C@H]5C=N6)n4)c(OC)cc3C(=O)N2C1. The fourth-order valence-electron chi connectivity index (χ4n) is 10.1. The van der Waals surface area contributed by atoms with E-state index in [1.807, 2.05) is 69.1 Å². The summed E-state index contributed by atoms with van der Waals surface area (Å²) in [5.41, 5.74) is 5.24. The average Bonchev–Trinajstić information content (AvgIpc) is 4.13. The highest BCUT2D eigenvalue weighted by atomic mass is 32.2. The number of likely N-dealkylation sites (tertiary alicyclic amines) is 1. The zero-order valence-electron chi connectivity index (χ0n) is 45.5. The van der Waals surface area contributed by atoms with Gasteiger partial charge < -0.3 is 47.9 Å². The summed E-state index contributed by atoms with van der Waals surface area (Å²) in [4.78, 5) is 87.9. The molecule has 4 amide bonds. The van der Waals surface area contributed by atoms with E-state index in [1.165, 1.54) is 42.0 Å². The molecule has 5 aliphatic rings. The van der Waals surface area contributed by atoms with E-state index in [9.17, 15) is 24.0 Å². The summed E-state index contributed by atoms with van der Waals surface area (Å²) >= 11 is 1.47. The highest BCUT2D eigenvalue weighted by molar-refractivity contribution is 8.02. The van der Waals surface area contributed by atoms with Crippen molar-refractivity contribution in [2.75, 3.05) is 87.5 Å². The van der Waals surface area contributed by atoms with Gasteiger partial charge >= 0.3 is 0 Å². The van der Waals surface area contributed by atoms with Crippen LogP contribution in [0.5, 0.6) is 28.7 Å². The lowest BCUT2D eigenvalue weighted by molar-refractivity contribution is -0.138. The van der Waals surface area contributed by atoms with Crippen LogP contribution in [0.25, 0.3) is 0 Å². The summed E-state index contributed by atoms with van der Waals surface area (Å²) in [5.74, 6) is 1.24. The standard InChI is InChI=1S/C57H71N7O12S/c1-9-36-20-40-29-58-46-26-50(48(71-7)24-44(46)54(67)63(40)31-36)75-33-38-22-43(23-39(60-38)34-76-51-27-47-45(25-49(51)72-8)55(68)64-32-37(10-2)21-41(64)30-59-47)74-17-15-61(5)35-57(3,4)77-52-28-53(66)62(56(52)69)14-13-42(65)12-11-16-73-19-18-70-6/h9-10,22-27,29-30,40-41,52H,11-21,28,31-35H2,1-8H3/b36-9+,37-10+/t40-,41-,52?/m0/s1. The van der Waals surface area contributed by atoms with Gasteiger partial charge in [0.2, 0.25) is 11.8 Å². The molecule has 1 aromatic heterocycles. The number of imide groups is 1. The number of Topliss-reactive ketones (excluding diaryl/α,β-unsaturated/α-hetero) is 1. The molecule has 0 bridgehead atoms. The van der Waals surface area contributed by atoms with E-state index in [2.05, 4.69) is 4.90 Å². The van der Waals surface area contributed by atoms with Gasteiger partial charge in [0.25, 0.3) is 11.8 Å². The van der Waals surface area contributed by atoms with Crippen molar-refractivity contribution in [1.29, 1.82) is 0 Å². The van der Waals surface area contributed by atoms with Crippen LogP contribution in [0.1, 0.15) is 98.3 Å². The van der Waals surface area contributed by atoms with E-state index in [4.69, 9.17) is 48.1 Å². The number of fused-ring (bicyclic) bond motifs is 4. The van der Waals surface area contributed by atoms with Crippen molar-refractivity contribution in [3.63, 3.8) is 0 Å². The molecule has 3 aromatic rings. The van der Waals surface area contributed by atoms with Gasteiger partial charge in [-0.15, -0.1) is 11.8 Å². The number of allylic oxidation sites excluding steroid dienone is 2. The molecule has 6 heterocycles. The molecule has 5 aliphatic heterocycles. The molecule has 0 radical (unpaired) electrons. The van der Waals surface area contributed by atoms with Crippen LogP contribution in [0, 0.1) is 0 Å². The number of carbonyl (C=O) groups is 5. The van der Waals surface area contributed by atoms with Crippen molar-refractivity contribution in [2.45, 2.75) is 102 Å². The Kier molecular flexibility index (Phi) is 18.9. The predicted octanol–water partition coefficient (Wildman–Crippen LogP) is 7.36. The number of likely N-dealkylation sites (N-methyl/N-ethyl adjacent to an activating group) is 1. The van der Waals surface area contributed by atoms with Crippen LogP contribution < -0.4 is 23.7 Å². The average molecular weight is 1080 g/mol. The number of amides is 4. The molecule has 3 fully saturated rings. The van der Waals surface area contributed by atoms with Gasteiger partial charge in [0.15, 0.2) is 23.0 Å². The second-order valence-electron chi connectivity index (χ2n) is 20.3. The Hall–Kier alpha value is -6.61. The van der Waals surface area contributed by atoms with Crippen molar-refractivity contribution < 1.29 is 57.1 Å². The maximum absolute atomic E-state index is 13.8. The second kappa shape index (κ2) is 25.7. The first-order valence-corrected chi connectivity index (χ1v) is 27.1. The number of pyridine rings is 1. The van der Waals surface area contributed by atoms with E-state index in [-0.39, 0.29) is 74.1 Å². The number of hydrogen-bond donors (Lipinski definition) is 0. The number of methoxy groups -OCH3 is 3. The number of nitrogens with zero attached hydrogens (tertiary/aromatic N) is 7. The summed E-state index contributed by atoms with van der Waals surface area (Å²) in [6.45, 7) is 12.0. The minimum absolute atomic E-state index is 0.00539. The topological polar surface area (TPSA) is 201 Å². The highest BCUT2D eigenvalue weighted by Crippen LogP contribution is 2.41. The molecule has 3 atom stereocenters. The number of hydrogen-bond acceptors (Lipinski definition) is 17. The van der Waals surface area contributed by atoms with Crippen molar-refractivity contribution in [1.82, 2.24) is 24.6 Å². The molecular formula is C57H71N7O12S. The summed E-state index contributed by atoms with van der Waals surface area (Å²) in [7, 11) is 6.62. The Bertz CT molecular complexity index is 2700. The molecule has 77 heavy (non-hydrogen) atoms. The lowest BCUT2D eigenvalue weighted by Crippen LogP contribution is -2.39. The first-order valence-electron chi connectivity index (χ1n) is 26.2. The molecule has 0 saturated carbocycles. The Labute approximate surface area is 455 Å². The summed E-state index contributed by atoms with van der Waals surface area (Å²) in [6, 6.07) is 10.1. The number of ketones is 1. The van der Waals surface area contributed by atoms with Gasteiger partial charge in [0.05, 0.1) is 78.7 Å². The van der Waals surface area contributed by atoms with E-state index < -0.39 is 10.00 Å². The van der Waals surface area contributed by atoms with E-state index in [1.54, 1.807) is 43.5 Å². The first kappa shape index (κ1) is 56.6. The lowest BCUT2D eigenvalue weighted by Gasteiger charge is -2.31. The molecule has 8 rings (SSSR count). The van der Waals surface area contributed by atoms with Crippen LogP contribution in [-0.2, 0) is 37.1 Å². The van der Waals surface area contributed by atoms with Crippen LogP contribution in [0.3, 0.4) is 0 Å². The number of benzene rings is 2. The molecule has 0 aliphatic carbocycles. The first-order chi connectivity index (χ1) is 37.1.